The van der Waals surface area contributed by atoms with Crippen LogP contribution >= 0.6 is 11.8 Å². The van der Waals surface area contributed by atoms with E-state index in [2.05, 4.69) is 70.1 Å². The lowest BCUT2D eigenvalue weighted by Gasteiger charge is -2.20. The molecule has 34 heavy (non-hydrogen) atoms. The third-order valence-electron chi connectivity index (χ3n) is 5.77. The summed E-state index contributed by atoms with van der Waals surface area (Å²) in [6.07, 6.45) is 3.49. The average molecular weight is 472 g/mol. The first kappa shape index (κ1) is 23.7. The Bertz CT molecular complexity index is 1220. The maximum absolute atomic E-state index is 13.0. The van der Waals surface area contributed by atoms with Crippen LogP contribution in [0.3, 0.4) is 0 Å². The summed E-state index contributed by atoms with van der Waals surface area (Å²) in [6.45, 7) is 8.31. The molecule has 2 aromatic heterocycles. The van der Waals surface area contributed by atoms with Gasteiger partial charge in [-0.2, -0.15) is 0 Å². The normalized spacial score (nSPS) is 13.0. The molecule has 0 saturated carbocycles. The van der Waals surface area contributed by atoms with Crippen LogP contribution in [0.25, 0.3) is 11.4 Å². The molecule has 0 saturated heterocycles. The molecule has 1 amide bonds. The maximum Gasteiger partial charge on any atom is 0.237 e. The highest BCUT2D eigenvalue weighted by molar-refractivity contribution is 8.00. The molecular formula is C27H29N5OS. The summed E-state index contributed by atoms with van der Waals surface area (Å²) in [5.41, 5.74) is 4.10. The molecule has 6 nitrogen and oxygen atoms in total. The number of carbonyl (C=O) groups is 1. The van der Waals surface area contributed by atoms with Gasteiger partial charge in [0.15, 0.2) is 11.0 Å². The van der Waals surface area contributed by atoms with E-state index in [-0.39, 0.29) is 17.2 Å². The smallest absolute Gasteiger partial charge is 0.237 e. The van der Waals surface area contributed by atoms with Gasteiger partial charge in [0.05, 0.1) is 11.3 Å². The number of pyridine rings is 1. The van der Waals surface area contributed by atoms with Gasteiger partial charge >= 0.3 is 0 Å². The summed E-state index contributed by atoms with van der Waals surface area (Å²) >= 11 is 1.41. The number of carbonyl (C=O) groups excluding carboxylic acids is 1. The van der Waals surface area contributed by atoms with Crippen molar-refractivity contribution in [3.63, 3.8) is 0 Å². The SMILES string of the molecule is CC(Sc1nnc(-c2ccncc2)n1C(C)c1ccccc1)C(=O)Nc1ccc(C(C)C)cc1. The highest BCUT2D eigenvalue weighted by Crippen LogP contribution is 2.33. The number of rotatable bonds is 8. The first-order valence-electron chi connectivity index (χ1n) is 11.4. The Labute approximate surface area is 204 Å². The molecule has 0 aliphatic carbocycles. The van der Waals surface area contributed by atoms with Crippen LogP contribution in [-0.2, 0) is 4.79 Å². The van der Waals surface area contributed by atoms with Gasteiger partial charge in [-0.05, 0) is 55.2 Å². The van der Waals surface area contributed by atoms with Gasteiger partial charge in [0, 0.05) is 23.6 Å². The Kier molecular flexibility index (Phi) is 7.43. The van der Waals surface area contributed by atoms with E-state index < -0.39 is 0 Å². The minimum atomic E-state index is -0.360. The van der Waals surface area contributed by atoms with Crippen molar-refractivity contribution in [1.82, 2.24) is 19.7 Å². The number of hydrogen-bond donors (Lipinski definition) is 1. The van der Waals surface area contributed by atoms with E-state index in [9.17, 15) is 4.79 Å². The molecule has 0 aliphatic rings. The number of thioether (sulfide) groups is 1. The summed E-state index contributed by atoms with van der Waals surface area (Å²) in [5.74, 6) is 1.12. The second-order valence-corrected chi connectivity index (χ2v) is 9.83. The van der Waals surface area contributed by atoms with Crippen molar-refractivity contribution in [1.29, 1.82) is 0 Å². The Morgan fingerprint density at radius 3 is 2.18 bits per heavy atom. The fraction of sp³-hybridized carbons (Fsp3) is 0.259. The largest absolute Gasteiger partial charge is 0.325 e. The van der Waals surface area contributed by atoms with Crippen molar-refractivity contribution in [2.75, 3.05) is 5.32 Å². The number of nitrogens with one attached hydrogen (secondary N) is 1. The minimum Gasteiger partial charge on any atom is -0.325 e. The molecule has 1 N–H and O–H groups in total. The quantitative estimate of drug-likeness (QED) is 0.310. The summed E-state index contributed by atoms with van der Waals surface area (Å²) < 4.78 is 2.09. The van der Waals surface area contributed by atoms with E-state index in [1.807, 2.05) is 49.4 Å². The molecule has 4 rings (SSSR count). The van der Waals surface area contributed by atoms with Gasteiger partial charge in [0.1, 0.15) is 0 Å². The van der Waals surface area contributed by atoms with Gasteiger partial charge < -0.3 is 5.32 Å². The fourth-order valence-electron chi connectivity index (χ4n) is 3.69. The molecule has 2 unspecified atom stereocenters. The van der Waals surface area contributed by atoms with Gasteiger partial charge in [-0.3, -0.25) is 14.3 Å². The number of nitrogens with zero attached hydrogens (tertiary/aromatic N) is 4. The van der Waals surface area contributed by atoms with Gasteiger partial charge in [0.2, 0.25) is 5.91 Å². The molecule has 2 atom stereocenters. The number of aromatic nitrogens is 4. The maximum atomic E-state index is 13.0. The Balaban J connectivity index is 1.58. The lowest BCUT2D eigenvalue weighted by atomic mass is 10.0. The predicted octanol–water partition coefficient (Wildman–Crippen LogP) is 6.19. The first-order chi connectivity index (χ1) is 16.4. The summed E-state index contributed by atoms with van der Waals surface area (Å²) in [6, 6.07) is 22.1. The molecule has 2 heterocycles. The van der Waals surface area contributed by atoms with E-state index in [1.165, 1.54) is 17.3 Å². The molecular weight excluding hydrogens is 442 g/mol. The first-order valence-corrected chi connectivity index (χ1v) is 12.3. The molecule has 0 bridgehead atoms. The van der Waals surface area contributed by atoms with Crippen LogP contribution in [0, 0.1) is 0 Å². The average Bonchev–Trinajstić information content (AvgIpc) is 3.28. The molecule has 0 aliphatic heterocycles. The zero-order chi connectivity index (χ0) is 24.1. The summed E-state index contributed by atoms with van der Waals surface area (Å²) in [7, 11) is 0. The highest BCUT2D eigenvalue weighted by atomic mass is 32.2. The fourth-order valence-corrected chi connectivity index (χ4v) is 4.62. The second-order valence-electron chi connectivity index (χ2n) is 8.52. The second kappa shape index (κ2) is 10.7. The summed E-state index contributed by atoms with van der Waals surface area (Å²) in [5, 5.41) is 12.3. The van der Waals surface area contributed by atoms with Crippen LogP contribution in [0.1, 0.15) is 50.8 Å². The lowest BCUT2D eigenvalue weighted by molar-refractivity contribution is -0.115. The van der Waals surface area contributed by atoms with Gasteiger partial charge in [-0.15, -0.1) is 10.2 Å². The Morgan fingerprint density at radius 1 is 0.853 bits per heavy atom. The van der Waals surface area contributed by atoms with Crippen molar-refractivity contribution in [2.24, 2.45) is 0 Å². The Morgan fingerprint density at radius 2 is 1.53 bits per heavy atom. The number of anilines is 1. The van der Waals surface area contributed by atoms with Crippen LogP contribution in [0.15, 0.2) is 84.3 Å². The molecule has 2 aromatic carbocycles. The van der Waals surface area contributed by atoms with Crippen LogP contribution in [0.5, 0.6) is 0 Å². The van der Waals surface area contributed by atoms with Gasteiger partial charge in [-0.25, -0.2) is 0 Å². The number of hydrogen-bond acceptors (Lipinski definition) is 5. The number of benzene rings is 2. The molecule has 174 valence electrons. The van der Waals surface area contributed by atoms with Crippen LogP contribution in [-0.4, -0.2) is 30.9 Å². The monoisotopic (exact) mass is 471 g/mol. The molecule has 4 aromatic rings. The van der Waals surface area contributed by atoms with Crippen molar-refractivity contribution in [3.8, 4) is 11.4 Å². The third-order valence-corrected chi connectivity index (χ3v) is 6.83. The molecule has 7 heteroatoms. The van der Waals surface area contributed by atoms with Gasteiger partial charge in [-0.1, -0.05) is 68.1 Å². The van der Waals surface area contributed by atoms with Crippen LogP contribution in [0.4, 0.5) is 5.69 Å². The van der Waals surface area contributed by atoms with Crippen LogP contribution < -0.4 is 5.32 Å². The molecule has 0 spiro atoms. The summed E-state index contributed by atoms with van der Waals surface area (Å²) in [4.78, 5) is 17.1. The van der Waals surface area contributed by atoms with E-state index >= 15 is 0 Å². The lowest BCUT2D eigenvalue weighted by Crippen LogP contribution is -2.23. The highest BCUT2D eigenvalue weighted by Gasteiger charge is 2.24. The van der Waals surface area contributed by atoms with E-state index in [4.69, 9.17) is 0 Å². The van der Waals surface area contributed by atoms with E-state index in [0.29, 0.717) is 11.1 Å². The van der Waals surface area contributed by atoms with E-state index in [0.717, 1.165) is 22.6 Å². The zero-order valence-electron chi connectivity index (χ0n) is 19.8. The van der Waals surface area contributed by atoms with E-state index in [1.54, 1.807) is 12.4 Å². The van der Waals surface area contributed by atoms with Gasteiger partial charge in [0.25, 0.3) is 0 Å². The third kappa shape index (κ3) is 5.37. The van der Waals surface area contributed by atoms with Crippen molar-refractivity contribution in [3.05, 3.63) is 90.3 Å². The predicted molar refractivity (Wildman–Crippen MR) is 138 cm³/mol. The molecule has 0 fully saturated rings. The topological polar surface area (TPSA) is 72.7 Å². The molecule has 0 radical (unpaired) electrons. The van der Waals surface area contributed by atoms with Crippen molar-refractivity contribution in [2.45, 2.75) is 50.1 Å². The van der Waals surface area contributed by atoms with Crippen molar-refractivity contribution >= 4 is 23.4 Å². The van der Waals surface area contributed by atoms with Crippen molar-refractivity contribution < 1.29 is 4.79 Å². The zero-order valence-corrected chi connectivity index (χ0v) is 20.7. The number of amides is 1. The minimum absolute atomic E-state index is 0.0132. The van der Waals surface area contributed by atoms with Crippen LogP contribution in [0.2, 0.25) is 0 Å². The Hall–Kier alpha value is -3.45. The standard InChI is InChI=1S/C27H29N5OS/c1-18(2)21-10-12-24(13-11-21)29-26(33)20(4)34-27-31-30-25(23-14-16-28-17-15-23)32(27)19(3)22-8-6-5-7-9-22/h5-20H,1-4H3,(H,29,33).